The summed E-state index contributed by atoms with van der Waals surface area (Å²) in [5.74, 6) is -0.0886. The number of nitrogens with one attached hydrogen (secondary N) is 1. The van der Waals surface area contributed by atoms with Gasteiger partial charge in [-0.3, -0.25) is 4.79 Å². The maximum absolute atomic E-state index is 12.1. The number of hydrogen-bond acceptors (Lipinski definition) is 4. The van der Waals surface area contributed by atoms with Crippen LogP contribution in [0.3, 0.4) is 0 Å². The van der Waals surface area contributed by atoms with Gasteiger partial charge in [0, 0.05) is 12.7 Å². The van der Waals surface area contributed by atoms with Crippen molar-refractivity contribution in [3.63, 3.8) is 0 Å². The van der Waals surface area contributed by atoms with Gasteiger partial charge in [-0.15, -0.1) is 10.2 Å². The second-order valence-corrected chi connectivity index (χ2v) is 3.72. The SMILES string of the molecule is CC(C(=O)N(C)c1ccccc1)c1nn[nH]n1. The number of para-hydroxylation sites is 1. The first-order valence-electron chi connectivity index (χ1n) is 5.26. The van der Waals surface area contributed by atoms with E-state index in [0.29, 0.717) is 5.82 Å². The van der Waals surface area contributed by atoms with Gasteiger partial charge in [0.15, 0.2) is 5.82 Å². The van der Waals surface area contributed by atoms with Crippen molar-refractivity contribution in [3.05, 3.63) is 36.2 Å². The molecule has 1 aromatic heterocycles. The van der Waals surface area contributed by atoms with E-state index in [9.17, 15) is 4.79 Å². The van der Waals surface area contributed by atoms with Crippen LogP contribution in [0.15, 0.2) is 30.3 Å². The molecule has 2 aromatic rings. The second-order valence-electron chi connectivity index (χ2n) is 3.72. The highest BCUT2D eigenvalue weighted by atomic mass is 16.2. The predicted molar refractivity (Wildman–Crippen MR) is 62.4 cm³/mol. The van der Waals surface area contributed by atoms with E-state index in [1.54, 1.807) is 18.9 Å². The Morgan fingerprint density at radius 2 is 2.06 bits per heavy atom. The van der Waals surface area contributed by atoms with Crippen LogP contribution in [0.25, 0.3) is 0 Å². The maximum atomic E-state index is 12.1. The van der Waals surface area contributed by atoms with Crippen LogP contribution in [0, 0.1) is 0 Å². The smallest absolute Gasteiger partial charge is 0.237 e. The monoisotopic (exact) mass is 231 g/mol. The van der Waals surface area contributed by atoms with Crippen molar-refractivity contribution in [1.29, 1.82) is 0 Å². The summed E-state index contributed by atoms with van der Waals surface area (Å²) in [6.07, 6.45) is 0. The Labute approximate surface area is 98.6 Å². The molecule has 0 fully saturated rings. The van der Waals surface area contributed by atoms with E-state index in [1.165, 1.54) is 0 Å². The zero-order chi connectivity index (χ0) is 12.3. The highest BCUT2D eigenvalue weighted by Crippen LogP contribution is 2.18. The topological polar surface area (TPSA) is 74.8 Å². The van der Waals surface area contributed by atoms with Crippen molar-refractivity contribution in [1.82, 2.24) is 20.6 Å². The van der Waals surface area contributed by atoms with E-state index in [1.807, 2.05) is 30.3 Å². The van der Waals surface area contributed by atoms with Crippen LogP contribution in [0.2, 0.25) is 0 Å². The molecule has 0 aliphatic carbocycles. The molecule has 1 unspecified atom stereocenters. The van der Waals surface area contributed by atoms with Crippen molar-refractivity contribution in [2.45, 2.75) is 12.8 Å². The van der Waals surface area contributed by atoms with Gasteiger partial charge in [-0.2, -0.15) is 5.21 Å². The zero-order valence-electron chi connectivity index (χ0n) is 9.66. The van der Waals surface area contributed by atoms with Crippen LogP contribution in [0.5, 0.6) is 0 Å². The molecule has 6 heteroatoms. The van der Waals surface area contributed by atoms with Crippen LogP contribution in [-0.2, 0) is 4.79 Å². The molecule has 88 valence electrons. The molecule has 0 radical (unpaired) electrons. The lowest BCUT2D eigenvalue weighted by Gasteiger charge is -2.19. The van der Waals surface area contributed by atoms with Crippen molar-refractivity contribution < 1.29 is 4.79 Å². The van der Waals surface area contributed by atoms with E-state index in [0.717, 1.165) is 5.69 Å². The molecule has 1 atom stereocenters. The number of amides is 1. The Morgan fingerprint density at radius 1 is 1.35 bits per heavy atom. The van der Waals surface area contributed by atoms with Gasteiger partial charge in [0.1, 0.15) is 0 Å². The summed E-state index contributed by atoms with van der Waals surface area (Å²) >= 11 is 0. The van der Waals surface area contributed by atoms with Gasteiger partial charge < -0.3 is 4.90 Å². The average molecular weight is 231 g/mol. The number of carbonyl (C=O) groups excluding carboxylic acids is 1. The van der Waals surface area contributed by atoms with Crippen molar-refractivity contribution in [2.75, 3.05) is 11.9 Å². The number of anilines is 1. The first-order valence-corrected chi connectivity index (χ1v) is 5.26. The molecule has 17 heavy (non-hydrogen) atoms. The van der Waals surface area contributed by atoms with Crippen molar-refractivity contribution >= 4 is 11.6 Å². The summed E-state index contributed by atoms with van der Waals surface area (Å²) in [5, 5.41) is 13.4. The van der Waals surface area contributed by atoms with E-state index < -0.39 is 5.92 Å². The Kier molecular flexibility index (Phi) is 3.13. The number of benzene rings is 1. The minimum Gasteiger partial charge on any atom is -0.315 e. The molecular formula is C11H13N5O. The molecular weight excluding hydrogens is 218 g/mol. The Bertz CT molecular complexity index is 482. The molecule has 0 saturated carbocycles. The third-order valence-electron chi connectivity index (χ3n) is 2.59. The van der Waals surface area contributed by atoms with Crippen LogP contribution in [0.1, 0.15) is 18.7 Å². The number of aromatic amines is 1. The fraction of sp³-hybridized carbons (Fsp3) is 0.273. The van der Waals surface area contributed by atoms with Crippen LogP contribution >= 0.6 is 0 Å². The zero-order valence-corrected chi connectivity index (χ0v) is 9.66. The molecule has 0 aliphatic rings. The number of likely N-dealkylation sites (N-methyl/N-ethyl adjacent to an activating group) is 1. The normalized spacial score (nSPS) is 12.1. The molecule has 1 heterocycles. The quantitative estimate of drug-likeness (QED) is 0.854. The maximum Gasteiger partial charge on any atom is 0.237 e. The van der Waals surface area contributed by atoms with Gasteiger partial charge in [0.2, 0.25) is 5.91 Å². The third-order valence-corrected chi connectivity index (χ3v) is 2.59. The molecule has 1 aromatic carbocycles. The van der Waals surface area contributed by atoms with Gasteiger partial charge in [-0.25, -0.2) is 0 Å². The third kappa shape index (κ3) is 2.30. The molecule has 1 amide bonds. The summed E-state index contributed by atoms with van der Waals surface area (Å²) in [5.41, 5.74) is 0.841. The Hall–Kier alpha value is -2.24. The highest BCUT2D eigenvalue weighted by molar-refractivity contribution is 5.96. The fourth-order valence-corrected chi connectivity index (χ4v) is 1.53. The molecule has 0 spiro atoms. The van der Waals surface area contributed by atoms with Crippen LogP contribution in [-0.4, -0.2) is 33.6 Å². The molecule has 6 nitrogen and oxygen atoms in total. The number of carbonyl (C=O) groups is 1. The van der Waals surface area contributed by atoms with Gasteiger partial charge in [-0.1, -0.05) is 23.4 Å². The van der Waals surface area contributed by atoms with Crippen molar-refractivity contribution in [3.8, 4) is 0 Å². The second kappa shape index (κ2) is 4.73. The van der Waals surface area contributed by atoms with E-state index in [4.69, 9.17) is 0 Å². The summed E-state index contributed by atoms with van der Waals surface area (Å²) in [6, 6.07) is 9.43. The number of hydrogen-bond donors (Lipinski definition) is 1. The van der Waals surface area contributed by atoms with Crippen LogP contribution < -0.4 is 4.90 Å². The molecule has 0 aliphatic heterocycles. The summed E-state index contributed by atoms with van der Waals surface area (Å²) in [4.78, 5) is 13.7. The summed E-state index contributed by atoms with van der Waals surface area (Å²) in [6.45, 7) is 1.76. The van der Waals surface area contributed by atoms with Gasteiger partial charge >= 0.3 is 0 Å². The Morgan fingerprint density at radius 3 is 2.65 bits per heavy atom. The largest absolute Gasteiger partial charge is 0.315 e. The minimum absolute atomic E-state index is 0.0717. The average Bonchev–Trinajstić information content (AvgIpc) is 2.91. The highest BCUT2D eigenvalue weighted by Gasteiger charge is 2.23. The lowest BCUT2D eigenvalue weighted by atomic mass is 10.1. The standard InChI is InChI=1S/C11H13N5O/c1-8(10-12-14-15-13-10)11(17)16(2)9-6-4-3-5-7-9/h3-8H,1-2H3,(H,12,13,14,15). The number of aromatic nitrogens is 4. The first-order chi connectivity index (χ1) is 8.20. The fourth-order valence-electron chi connectivity index (χ4n) is 1.53. The lowest BCUT2D eigenvalue weighted by molar-refractivity contribution is -0.119. The predicted octanol–water partition coefficient (Wildman–Crippen LogP) is 0.966. The first kappa shape index (κ1) is 11.3. The number of H-pyrrole nitrogens is 1. The van der Waals surface area contributed by atoms with Crippen LogP contribution in [0.4, 0.5) is 5.69 Å². The summed E-state index contributed by atoms with van der Waals surface area (Å²) < 4.78 is 0. The molecule has 2 rings (SSSR count). The van der Waals surface area contributed by atoms with E-state index in [-0.39, 0.29) is 5.91 Å². The number of rotatable bonds is 3. The number of tetrazole rings is 1. The Balaban J connectivity index is 2.16. The molecule has 0 bridgehead atoms. The molecule has 1 N–H and O–H groups in total. The van der Waals surface area contributed by atoms with E-state index in [2.05, 4.69) is 20.6 Å². The lowest BCUT2D eigenvalue weighted by Crippen LogP contribution is -2.30. The van der Waals surface area contributed by atoms with Gasteiger partial charge in [-0.05, 0) is 19.1 Å². The van der Waals surface area contributed by atoms with Gasteiger partial charge in [0.25, 0.3) is 0 Å². The summed E-state index contributed by atoms with van der Waals surface area (Å²) in [7, 11) is 1.73. The van der Waals surface area contributed by atoms with E-state index >= 15 is 0 Å². The molecule has 0 saturated heterocycles. The number of nitrogens with zero attached hydrogens (tertiary/aromatic N) is 4. The van der Waals surface area contributed by atoms with Gasteiger partial charge in [0.05, 0.1) is 5.92 Å². The van der Waals surface area contributed by atoms with Crippen molar-refractivity contribution in [2.24, 2.45) is 0 Å². The minimum atomic E-state index is -0.418.